The zero-order valence-electron chi connectivity index (χ0n) is 14.4. The smallest absolute Gasteiger partial charge is 0.304 e. The van der Waals surface area contributed by atoms with Crippen LogP contribution in [0.1, 0.15) is 32.8 Å². The average Bonchev–Trinajstić information content (AvgIpc) is 2.91. The molecule has 1 aliphatic heterocycles. The molecule has 6 nitrogen and oxygen atoms in total. The van der Waals surface area contributed by atoms with E-state index in [0.717, 1.165) is 5.56 Å². The van der Waals surface area contributed by atoms with Crippen LogP contribution in [0.2, 0.25) is 0 Å². The van der Waals surface area contributed by atoms with Crippen LogP contribution in [0.3, 0.4) is 0 Å². The Hall–Kier alpha value is -1.14. The Labute approximate surface area is 144 Å². The highest BCUT2D eigenvalue weighted by atomic mass is 32.2. The Kier molecular flexibility index (Phi) is 5.91. The van der Waals surface area contributed by atoms with Crippen LogP contribution in [0.25, 0.3) is 0 Å². The van der Waals surface area contributed by atoms with Crippen molar-refractivity contribution in [3.05, 3.63) is 41.3 Å². The number of aryl methyl sites for hydroxylation is 1. The number of hydrogen-bond acceptors (Lipinski definition) is 5. The molecule has 1 aliphatic rings. The molecule has 1 atom stereocenters. The van der Waals surface area contributed by atoms with E-state index in [1.54, 1.807) is 51.1 Å². The SMILES string of the molecule is CCOP(=O)(OCC)C1=CCC(C)N1S(=O)(=O)c1ccc(C)cc1. The standard InChI is InChI=1S/C16H24NO5PS/c1-5-21-23(18,22-6-2)16-12-9-14(4)17(16)24(19,20)15-10-7-13(3)8-11-15/h7-8,10-12,14H,5-6,9H2,1-4H3. The molecule has 1 heterocycles. The van der Waals surface area contributed by atoms with Gasteiger partial charge in [0.05, 0.1) is 18.1 Å². The molecule has 0 aliphatic carbocycles. The molecule has 0 N–H and O–H groups in total. The van der Waals surface area contributed by atoms with Gasteiger partial charge in [-0.05, 0) is 52.3 Å². The zero-order valence-corrected chi connectivity index (χ0v) is 16.1. The molecule has 24 heavy (non-hydrogen) atoms. The van der Waals surface area contributed by atoms with Crippen LogP contribution in [-0.4, -0.2) is 32.0 Å². The molecule has 134 valence electrons. The minimum absolute atomic E-state index is 0.110. The lowest BCUT2D eigenvalue weighted by atomic mass is 10.2. The Balaban J connectivity index is 2.48. The van der Waals surface area contributed by atoms with Crippen molar-refractivity contribution in [3.8, 4) is 0 Å². The summed E-state index contributed by atoms with van der Waals surface area (Å²) in [6.07, 6.45) is 2.10. The third kappa shape index (κ3) is 3.59. The van der Waals surface area contributed by atoms with E-state index >= 15 is 0 Å². The minimum Gasteiger partial charge on any atom is -0.304 e. The highest BCUT2D eigenvalue weighted by Gasteiger charge is 2.44. The fourth-order valence-corrected chi connectivity index (χ4v) is 6.61. The van der Waals surface area contributed by atoms with E-state index < -0.39 is 17.6 Å². The quantitative estimate of drug-likeness (QED) is 0.678. The van der Waals surface area contributed by atoms with Crippen molar-refractivity contribution in [2.24, 2.45) is 0 Å². The van der Waals surface area contributed by atoms with Crippen LogP contribution in [0.15, 0.2) is 40.7 Å². The largest absolute Gasteiger partial charge is 0.377 e. The number of rotatable bonds is 7. The van der Waals surface area contributed by atoms with Crippen molar-refractivity contribution < 1.29 is 22.0 Å². The summed E-state index contributed by atoms with van der Waals surface area (Å²) in [5.41, 5.74) is 1.08. The average molecular weight is 373 g/mol. The van der Waals surface area contributed by atoms with Gasteiger partial charge in [-0.2, -0.15) is 0 Å². The van der Waals surface area contributed by atoms with Crippen LogP contribution in [-0.2, 0) is 23.6 Å². The summed E-state index contributed by atoms with van der Waals surface area (Å²) in [5, 5.41) is 0. The van der Waals surface area contributed by atoms with Crippen molar-refractivity contribution in [2.45, 2.75) is 45.1 Å². The normalized spacial score (nSPS) is 18.8. The second-order valence-corrected chi connectivity index (χ2v) is 9.38. The number of sulfonamides is 1. The predicted molar refractivity (Wildman–Crippen MR) is 93.2 cm³/mol. The van der Waals surface area contributed by atoms with Gasteiger partial charge in [-0.1, -0.05) is 17.7 Å². The minimum atomic E-state index is -3.84. The Bertz CT molecular complexity index is 747. The van der Waals surface area contributed by atoms with E-state index in [9.17, 15) is 13.0 Å². The van der Waals surface area contributed by atoms with Crippen molar-refractivity contribution in [3.63, 3.8) is 0 Å². The highest BCUT2D eigenvalue weighted by molar-refractivity contribution is 7.89. The van der Waals surface area contributed by atoms with Crippen molar-refractivity contribution >= 4 is 17.6 Å². The van der Waals surface area contributed by atoms with E-state index in [1.165, 1.54) is 4.31 Å². The fourth-order valence-electron chi connectivity index (χ4n) is 2.61. The van der Waals surface area contributed by atoms with Gasteiger partial charge in [0.1, 0.15) is 5.44 Å². The summed E-state index contributed by atoms with van der Waals surface area (Å²) in [5.74, 6) is 0. The first-order valence-corrected chi connectivity index (χ1v) is 11.0. The summed E-state index contributed by atoms with van der Waals surface area (Å²) >= 11 is 0. The maximum atomic E-state index is 13.1. The first kappa shape index (κ1) is 19.2. The lowest BCUT2D eigenvalue weighted by Gasteiger charge is -2.30. The summed E-state index contributed by atoms with van der Waals surface area (Å²) in [7, 11) is -7.52. The van der Waals surface area contributed by atoms with Crippen molar-refractivity contribution in [1.82, 2.24) is 4.31 Å². The first-order chi connectivity index (χ1) is 11.3. The molecule has 0 saturated heterocycles. The van der Waals surface area contributed by atoms with E-state index in [2.05, 4.69) is 0 Å². The molecule has 0 radical (unpaired) electrons. The third-order valence-corrected chi connectivity index (χ3v) is 7.96. The monoisotopic (exact) mass is 373 g/mol. The Morgan fingerprint density at radius 3 is 2.21 bits per heavy atom. The lowest BCUT2D eigenvalue weighted by Crippen LogP contribution is -2.34. The molecular weight excluding hydrogens is 349 g/mol. The van der Waals surface area contributed by atoms with Gasteiger partial charge in [-0.15, -0.1) is 0 Å². The highest BCUT2D eigenvalue weighted by Crippen LogP contribution is 2.60. The summed E-state index contributed by atoms with van der Waals surface area (Å²) in [6, 6.07) is 6.24. The van der Waals surface area contributed by atoms with Gasteiger partial charge in [0, 0.05) is 6.04 Å². The number of nitrogens with zero attached hydrogens (tertiary/aromatic N) is 1. The second kappa shape index (κ2) is 7.40. The molecule has 1 aromatic carbocycles. The fraction of sp³-hybridized carbons (Fsp3) is 0.500. The van der Waals surface area contributed by atoms with Crippen LogP contribution in [0.5, 0.6) is 0 Å². The third-order valence-electron chi connectivity index (χ3n) is 3.72. The molecule has 0 saturated carbocycles. The first-order valence-electron chi connectivity index (χ1n) is 7.97. The van der Waals surface area contributed by atoms with E-state index in [-0.39, 0.29) is 29.6 Å². The Morgan fingerprint density at radius 2 is 1.71 bits per heavy atom. The molecule has 0 amide bonds. The zero-order chi connectivity index (χ0) is 18.0. The van der Waals surface area contributed by atoms with Crippen molar-refractivity contribution in [1.29, 1.82) is 0 Å². The van der Waals surface area contributed by atoms with E-state index in [0.29, 0.717) is 6.42 Å². The molecule has 1 aromatic rings. The molecule has 0 fully saturated rings. The molecule has 8 heteroatoms. The summed E-state index contributed by atoms with van der Waals surface area (Å²) in [4.78, 5) is 0.160. The second-order valence-electron chi connectivity index (χ2n) is 5.59. The predicted octanol–water partition coefficient (Wildman–Crippen LogP) is 3.89. The van der Waals surface area contributed by atoms with Gasteiger partial charge < -0.3 is 9.05 Å². The lowest BCUT2D eigenvalue weighted by molar-refractivity contribution is 0.220. The topological polar surface area (TPSA) is 72.9 Å². The molecule has 0 bridgehead atoms. The molecule has 0 aromatic heterocycles. The van der Waals surface area contributed by atoms with Gasteiger partial charge in [0.25, 0.3) is 10.0 Å². The van der Waals surface area contributed by atoms with Gasteiger partial charge in [-0.3, -0.25) is 8.87 Å². The van der Waals surface area contributed by atoms with Crippen molar-refractivity contribution in [2.75, 3.05) is 13.2 Å². The van der Waals surface area contributed by atoms with Gasteiger partial charge in [0.2, 0.25) is 0 Å². The van der Waals surface area contributed by atoms with Crippen LogP contribution in [0, 0.1) is 6.92 Å². The van der Waals surface area contributed by atoms with Crippen LogP contribution >= 0.6 is 7.60 Å². The van der Waals surface area contributed by atoms with Crippen LogP contribution in [0.4, 0.5) is 0 Å². The molecule has 1 unspecified atom stereocenters. The Morgan fingerprint density at radius 1 is 1.17 bits per heavy atom. The van der Waals surface area contributed by atoms with Gasteiger partial charge >= 0.3 is 7.60 Å². The summed E-state index contributed by atoms with van der Waals surface area (Å²) < 4.78 is 51.1. The van der Waals surface area contributed by atoms with Crippen LogP contribution < -0.4 is 0 Å². The van der Waals surface area contributed by atoms with Gasteiger partial charge in [0.15, 0.2) is 0 Å². The van der Waals surface area contributed by atoms with E-state index in [1.807, 2.05) is 6.92 Å². The molecular formula is C16H24NO5PS. The van der Waals surface area contributed by atoms with E-state index in [4.69, 9.17) is 9.05 Å². The van der Waals surface area contributed by atoms with Gasteiger partial charge in [-0.25, -0.2) is 8.42 Å². The maximum Gasteiger partial charge on any atom is 0.377 e. The number of hydrogen-bond donors (Lipinski definition) is 0. The molecule has 0 spiro atoms. The summed E-state index contributed by atoms with van der Waals surface area (Å²) in [6.45, 7) is 7.39. The molecule has 2 rings (SSSR count). The number of benzene rings is 1. The maximum absolute atomic E-state index is 13.1.